The van der Waals surface area contributed by atoms with Crippen molar-refractivity contribution < 1.29 is 22.4 Å². The zero-order valence-corrected chi connectivity index (χ0v) is 21.1. The molecule has 2 saturated carbocycles. The summed E-state index contributed by atoms with van der Waals surface area (Å²) in [6.45, 7) is 0. The van der Waals surface area contributed by atoms with E-state index in [0.717, 1.165) is 48.6 Å². The molecule has 2 fully saturated rings. The van der Waals surface area contributed by atoms with Crippen molar-refractivity contribution in [3.63, 3.8) is 0 Å². The number of nitrogens with one attached hydrogen (secondary N) is 1. The third-order valence-corrected chi connectivity index (χ3v) is 8.74. The summed E-state index contributed by atoms with van der Waals surface area (Å²) in [5.74, 6) is 2.58. The van der Waals surface area contributed by atoms with Gasteiger partial charge >= 0.3 is 0 Å². The molecule has 186 valence electrons. The lowest BCUT2D eigenvalue weighted by atomic mass is 9.75. The fourth-order valence-electron chi connectivity index (χ4n) is 5.12. The van der Waals surface area contributed by atoms with Gasteiger partial charge in [0.15, 0.2) is 21.4 Å². The third kappa shape index (κ3) is 4.70. The number of Topliss-reactive ketones (excluding diaryl/α,β-unsaturated/α-hetero) is 1. The van der Waals surface area contributed by atoms with E-state index in [0.29, 0.717) is 24.8 Å². The van der Waals surface area contributed by atoms with Gasteiger partial charge in [-0.2, -0.15) is 0 Å². The molecule has 0 spiro atoms. The van der Waals surface area contributed by atoms with Gasteiger partial charge < -0.3 is 9.73 Å². The first kappa shape index (κ1) is 24.3. The molecule has 0 bridgehead atoms. The summed E-state index contributed by atoms with van der Waals surface area (Å²) in [5, 5.41) is 3.81. The first-order chi connectivity index (χ1) is 17.1. The van der Waals surface area contributed by atoms with Crippen LogP contribution in [0.15, 0.2) is 57.8 Å². The first-order valence-electron chi connectivity index (χ1n) is 12.3. The number of carbonyl (C=O) groups excluding carboxylic acids is 2. The summed E-state index contributed by atoms with van der Waals surface area (Å²) in [6, 6.07) is 13.9. The van der Waals surface area contributed by atoms with Crippen LogP contribution in [0.2, 0.25) is 0 Å². The monoisotopic (exact) mass is 503 g/mol. The third-order valence-electron chi connectivity index (χ3n) is 7.61. The summed E-state index contributed by atoms with van der Waals surface area (Å²) in [7, 11) is -3.27. The summed E-state index contributed by atoms with van der Waals surface area (Å²) in [5.41, 5.74) is 0.986. The minimum atomic E-state index is -3.27. The van der Waals surface area contributed by atoms with Crippen LogP contribution >= 0.6 is 0 Å². The number of amides is 1. The zero-order chi connectivity index (χ0) is 25.6. The van der Waals surface area contributed by atoms with E-state index in [1.807, 2.05) is 18.2 Å². The predicted molar refractivity (Wildman–Crippen MR) is 138 cm³/mol. The Morgan fingerprint density at radius 2 is 1.64 bits per heavy atom. The molecule has 2 aliphatic carbocycles. The van der Waals surface area contributed by atoms with Crippen molar-refractivity contribution in [3.8, 4) is 23.5 Å². The molecule has 0 aliphatic heterocycles. The number of ketones is 1. The zero-order valence-electron chi connectivity index (χ0n) is 20.3. The highest BCUT2D eigenvalue weighted by Gasteiger charge is 2.49. The van der Waals surface area contributed by atoms with Gasteiger partial charge in [-0.15, -0.1) is 6.42 Å². The van der Waals surface area contributed by atoms with Gasteiger partial charge in [0, 0.05) is 23.5 Å². The molecule has 0 saturated heterocycles. The van der Waals surface area contributed by atoms with Gasteiger partial charge in [-0.05, 0) is 61.1 Å². The molecule has 1 N–H and O–H groups in total. The van der Waals surface area contributed by atoms with Gasteiger partial charge in [-0.25, -0.2) is 8.42 Å². The van der Waals surface area contributed by atoms with Crippen LogP contribution in [0.3, 0.4) is 0 Å². The standard InChI is InChI=1S/C29H29NO5S/c1-3-28(15-16-28)19-26(31)29(13-5-4-6-14-29)30-27(32)25-18-22-8-7-21(17-24(22)35-25)20-9-11-23(12-10-20)36(2,33)34/h1,7-12,17-18H,4-6,13-16,19H2,2H3,(H,30,32). The Labute approximate surface area is 211 Å². The summed E-state index contributed by atoms with van der Waals surface area (Å²) >= 11 is 0. The lowest BCUT2D eigenvalue weighted by Gasteiger charge is -2.37. The number of sulfone groups is 1. The van der Waals surface area contributed by atoms with Gasteiger partial charge in [-0.1, -0.05) is 49.4 Å². The van der Waals surface area contributed by atoms with Crippen LogP contribution in [-0.4, -0.2) is 31.9 Å². The SMILES string of the molecule is C#CC1(CC(=O)C2(NC(=O)c3cc4ccc(-c5ccc(S(C)(=O)=O)cc5)cc4o3)CCCCC2)CC1. The van der Waals surface area contributed by atoms with E-state index < -0.39 is 21.3 Å². The minimum absolute atomic E-state index is 0.0296. The van der Waals surface area contributed by atoms with Crippen LogP contribution in [0.1, 0.15) is 61.9 Å². The maximum atomic E-state index is 13.4. The topological polar surface area (TPSA) is 93.5 Å². The van der Waals surface area contributed by atoms with Gasteiger partial charge in [0.05, 0.1) is 10.4 Å². The predicted octanol–water partition coefficient (Wildman–Crippen LogP) is 5.31. The molecule has 0 unspecified atom stereocenters. The van der Waals surface area contributed by atoms with Crippen molar-refractivity contribution in [2.45, 2.75) is 61.8 Å². The van der Waals surface area contributed by atoms with E-state index >= 15 is 0 Å². The molecular formula is C29H29NO5S. The molecule has 3 aromatic rings. The fraction of sp³-hybridized carbons (Fsp3) is 0.379. The molecule has 0 atom stereocenters. The van der Waals surface area contributed by atoms with Crippen LogP contribution < -0.4 is 5.32 Å². The average molecular weight is 504 g/mol. The number of benzene rings is 2. The van der Waals surface area contributed by atoms with Crippen LogP contribution in [-0.2, 0) is 14.6 Å². The lowest BCUT2D eigenvalue weighted by Crippen LogP contribution is -2.56. The average Bonchev–Trinajstić information content (AvgIpc) is 3.51. The first-order valence-corrected chi connectivity index (χ1v) is 14.2. The molecule has 1 aromatic heterocycles. The summed E-state index contributed by atoms with van der Waals surface area (Å²) in [4.78, 5) is 26.9. The second-order valence-corrected chi connectivity index (χ2v) is 12.3. The highest BCUT2D eigenvalue weighted by Crippen LogP contribution is 2.49. The molecule has 7 heteroatoms. The van der Waals surface area contributed by atoms with Crippen LogP contribution in [0.5, 0.6) is 0 Å². The van der Waals surface area contributed by atoms with Crippen molar-refractivity contribution in [2.24, 2.45) is 5.41 Å². The molecule has 1 heterocycles. The second kappa shape index (κ2) is 8.94. The van der Waals surface area contributed by atoms with E-state index in [-0.39, 0.29) is 21.9 Å². The number of carbonyl (C=O) groups is 2. The van der Waals surface area contributed by atoms with Crippen LogP contribution in [0.4, 0.5) is 0 Å². The minimum Gasteiger partial charge on any atom is -0.451 e. The largest absolute Gasteiger partial charge is 0.451 e. The molecule has 36 heavy (non-hydrogen) atoms. The van der Waals surface area contributed by atoms with Crippen LogP contribution in [0.25, 0.3) is 22.1 Å². The Morgan fingerprint density at radius 3 is 2.25 bits per heavy atom. The number of hydrogen-bond donors (Lipinski definition) is 1. The molecular weight excluding hydrogens is 474 g/mol. The Kier molecular flexibility index (Phi) is 6.04. The van der Waals surface area contributed by atoms with Gasteiger partial charge in [0.25, 0.3) is 5.91 Å². The number of fused-ring (bicyclic) bond motifs is 1. The van der Waals surface area contributed by atoms with Gasteiger partial charge in [-0.3, -0.25) is 9.59 Å². The molecule has 5 rings (SSSR count). The Balaban J connectivity index is 1.38. The highest BCUT2D eigenvalue weighted by atomic mass is 32.2. The fourth-order valence-corrected chi connectivity index (χ4v) is 5.76. The molecule has 6 nitrogen and oxygen atoms in total. The van der Waals surface area contributed by atoms with E-state index in [2.05, 4.69) is 11.2 Å². The second-order valence-electron chi connectivity index (χ2n) is 10.3. The van der Waals surface area contributed by atoms with Gasteiger partial charge in [0.1, 0.15) is 5.58 Å². The molecule has 0 radical (unpaired) electrons. The van der Waals surface area contributed by atoms with Crippen molar-refractivity contribution in [1.29, 1.82) is 0 Å². The number of furan rings is 1. The maximum absolute atomic E-state index is 13.4. The van der Waals surface area contributed by atoms with Crippen LogP contribution in [0, 0.1) is 17.8 Å². The Hall–Kier alpha value is -3.37. The lowest BCUT2D eigenvalue weighted by molar-refractivity contribution is -0.127. The Bertz CT molecular complexity index is 1480. The number of terminal acetylenes is 1. The van der Waals surface area contributed by atoms with Crippen molar-refractivity contribution in [1.82, 2.24) is 5.32 Å². The van der Waals surface area contributed by atoms with Crippen molar-refractivity contribution in [3.05, 3.63) is 54.3 Å². The smallest absolute Gasteiger partial charge is 0.287 e. The molecule has 2 aliphatic rings. The van der Waals surface area contributed by atoms with E-state index in [1.54, 1.807) is 30.3 Å². The van der Waals surface area contributed by atoms with E-state index in [9.17, 15) is 18.0 Å². The van der Waals surface area contributed by atoms with E-state index in [4.69, 9.17) is 10.8 Å². The number of hydrogen-bond acceptors (Lipinski definition) is 5. The maximum Gasteiger partial charge on any atom is 0.287 e. The Morgan fingerprint density at radius 1 is 0.972 bits per heavy atom. The molecule has 2 aromatic carbocycles. The normalized spacial score (nSPS) is 18.3. The quantitative estimate of drug-likeness (QED) is 0.441. The summed E-state index contributed by atoms with van der Waals surface area (Å²) in [6.07, 6.45) is 12.9. The van der Waals surface area contributed by atoms with E-state index in [1.165, 1.54) is 6.26 Å². The van der Waals surface area contributed by atoms with Crippen molar-refractivity contribution in [2.75, 3.05) is 6.26 Å². The number of rotatable bonds is 7. The summed E-state index contributed by atoms with van der Waals surface area (Å²) < 4.78 is 29.4. The molecule has 1 amide bonds. The van der Waals surface area contributed by atoms with Gasteiger partial charge in [0.2, 0.25) is 0 Å². The highest BCUT2D eigenvalue weighted by molar-refractivity contribution is 7.90. The van der Waals surface area contributed by atoms with Crippen molar-refractivity contribution >= 4 is 32.5 Å².